The topological polar surface area (TPSA) is 52.6 Å². The first-order valence-corrected chi connectivity index (χ1v) is 7.33. The standard InChI is InChI=1S/C16H24N2O2/c1-11-7-8-12(2)18(10-11)16(20)17-15-6-4-5-14(9-15)13(3)19/h4-6,9,11-13,19H,7-8,10H2,1-3H3,(H,17,20). The van der Waals surface area contributed by atoms with Crippen LogP contribution < -0.4 is 5.32 Å². The summed E-state index contributed by atoms with van der Waals surface area (Å²) in [6.45, 7) is 6.80. The largest absolute Gasteiger partial charge is 0.389 e. The lowest BCUT2D eigenvalue weighted by molar-refractivity contribution is 0.147. The third kappa shape index (κ3) is 3.51. The molecule has 3 unspecified atom stereocenters. The van der Waals surface area contributed by atoms with Gasteiger partial charge >= 0.3 is 6.03 Å². The summed E-state index contributed by atoms with van der Waals surface area (Å²) in [5.41, 5.74) is 1.54. The maximum Gasteiger partial charge on any atom is 0.322 e. The van der Waals surface area contributed by atoms with Gasteiger partial charge in [-0.05, 0) is 50.3 Å². The van der Waals surface area contributed by atoms with Crippen molar-refractivity contribution in [3.63, 3.8) is 0 Å². The Morgan fingerprint density at radius 3 is 2.85 bits per heavy atom. The number of benzene rings is 1. The van der Waals surface area contributed by atoms with Crippen molar-refractivity contribution in [2.75, 3.05) is 11.9 Å². The van der Waals surface area contributed by atoms with Gasteiger partial charge in [-0.1, -0.05) is 19.1 Å². The van der Waals surface area contributed by atoms with Crippen molar-refractivity contribution in [2.45, 2.75) is 45.8 Å². The van der Waals surface area contributed by atoms with E-state index in [1.165, 1.54) is 6.42 Å². The lowest BCUT2D eigenvalue weighted by Crippen LogP contribution is -2.46. The van der Waals surface area contributed by atoms with E-state index in [1.807, 2.05) is 29.2 Å². The van der Waals surface area contributed by atoms with E-state index in [2.05, 4.69) is 19.2 Å². The van der Waals surface area contributed by atoms with Crippen LogP contribution in [0.1, 0.15) is 45.3 Å². The third-order valence-corrected chi connectivity index (χ3v) is 4.00. The zero-order valence-electron chi connectivity index (χ0n) is 12.5. The Morgan fingerprint density at radius 2 is 2.15 bits per heavy atom. The average Bonchev–Trinajstić information content (AvgIpc) is 2.41. The first-order chi connectivity index (χ1) is 9.47. The number of piperidine rings is 1. The third-order valence-electron chi connectivity index (χ3n) is 4.00. The SMILES string of the molecule is CC1CCC(C)N(C(=O)Nc2cccc(C(C)O)c2)C1. The summed E-state index contributed by atoms with van der Waals surface area (Å²) in [5.74, 6) is 0.556. The summed E-state index contributed by atoms with van der Waals surface area (Å²) in [6, 6.07) is 7.60. The van der Waals surface area contributed by atoms with Gasteiger partial charge in [0, 0.05) is 18.3 Å². The zero-order chi connectivity index (χ0) is 14.7. The second kappa shape index (κ2) is 6.27. The van der Waals surface area contributed by atoms with E-state index in [4.69, 9.17) is 0 Å². The smallest absolute Gasteiger partial charge is 0.322 e. The highest BCUT2D eigenvalue weighted by Crippen LogP contribution is 2.23. The Bertz CT molecular complexity index is 473. The van der Waals surface area contributed by atoms with Gasteiger partial charge in [0.1, 0.15) is 0 Å². The number of carbonyl (C=O) groups excluding carboxylic acids is 1. The van der Waals surface area contributed by atoms with Gasteiger partial charge in [0.05, 0.1) is 6.10 Å². The molecule has 3 atom stereocenters. The number of aliphatic hydroxyl groups excluding tert-OH is 1. The molecule has 0 spiro atoms. The number of rotatable bonds is 2. The van der Waals surface area contributed by atoms with Crippen LogP contribution >= 0.6 is 0 Å². The molecular weight excluding hydrogens is 252 g/mol. The quantitative estimate of drug-likeness (QED) is 0.870. The van der Waals surface area contributed by atoms with Gasteiger partial charge < -0.3 is 15.3 Å². The fourth-order valence-electron chi connectivity index (χ4n) is 2.64. The Morgan fingerprint density at radius 1 is 1.40 bits per heavy atom. The van der Waals surface area contributed by atoms with E-state index < -0.39 is 6.10 Å². The molecule has 1 heterocycles. The minimum absolute atomic E-state index is 0.0493. The van der Waals surface area contributed by atoms with Crippen molar-refractivity contribution >= 4 is 11.7 Å². The number of anilines is 1. The maximum atomic E-state index is 12.4. The number of nitrogens with one attached hydrogen (secondary N) is 1. The van der Waals surface area contributed by atoms with E-state index in [9.17, 15) is 9.90 Å². The van der Waals surface area contributed by atoms with Gasteiger partial charge in [-0.2, -0.15) is 0 Å². The summed E-state index contributed by atoms with van der Waals surface area (Å²) in [5, 5.41) is 12.5. The number of hydrogen-bond acceptors (Lipinski definition) is 2. The van der Waals surface area contributed by atoms with E-state index in [1.54, 1.807) is 6.92 Å². The number of nitrogens with zero attached hydrogens (tertiary/aromatic N) is 1. The summed E-state index contributed by atoms with van der Waals surface area (Å²) < 4.78 is 0. The first kappa shape index (κ1) is 14.9. The molecule has 4 nitrogen and oxygen atoms in total. The van der Waals surface area contributed by atoms with Gasteiger partial charge in [-0.25, -0.2) is 4.79 Å². The predicted octanol–water partition coefficient (Wildman–Crippen LogP) is 3.39. The molecule has 0 aromatic heterocycles. The molecule has 20 heavy (non-hydrogen) atoms. The molecule has 1 aromatic carbocycles. The van der Waals surface area contributed by atoms with E-state index >= 15 is 0 Å². The number of likely N-dealkylation sites (tertiary alicyclic amines) is 1. The van der Waals surface area contributed by atoms with Crippen LogP contribution in [0.25, 0.3) is 0 Å². The second-order valence-electron chi connectivity index (χ2n) is 5.92. The Hall–Kier alpha value is -1.55. The monoisotopic (exact) mass is 276 g/mol. The molecule has 1 aromatic rings. The van der Waals surface area contributed by atoms with Crippen LogP contribution in [0.5, 0.6) is 0 Å². The van der Waals surface area contributed by atoms with Crippen molar-refractivity contribution in [3.05, 3.63) is 29.8 Å². The molecule has 0 aliphatic carbocycles. The predicted molar refractivity (Wildman–Crippen MR) is 80.7 cm³/mol. The highest BCUT2D eigenvalue weighted by molar-refractivity contribution is 5.89. The molecule has 2 amide bonds. The summed E-state index contributed by atoms with van der Waals surface area (Å²) >= 11 is 0. The molecule has 2 N–H and O–H groups in total. The fourth-order valence-corrected chi connectivity index (χ4v) is 2.64. The molecule has 1 aliphatic heterocycles. The average molecular weight is 276 g/mol. The molecule has 2 rings (SSSR count). The molecule has 4 heteroatoms. The van der Waals surface area contributed by atoms with Crippen molar-refractivity contribution in [3.8, 4) is 0 Å². The molecule has 1 fully saturated rings. The van der Waals surface area contributed by atoms with Crippen LogP contribution in [0, 0.1) is 5.92 Å². The van der Waals surface area contributed by atoms with Gasteiger partial charge in [0.25, 0.3) is 0 Å². The van der Waals surface area contributed by atoms with Crippen LogP contribution in [-0.2, 0) is 0 Å². The summed E-state index contributed by atoms with van der Waals surface area (Å²) in [6.07, 6.45) is 1.71. The first-order valence-electron chi connectivity index (χ1n) is 7.33. The van der Waals surface area contributed by atoms with E-state index in [0.717, 1.165) is 24.2 Å². The molecule has 0 radical (unpaired) electrons. The summed E-state index contributed by atoms with van der Waals surface area (Å²) in [4.78, 5) is 14.3. The highest BCUT2D eigenvalue weighted by atomic mass is 16.3. The summed E-state index contributed by atoms with van der Waals surface area (Å²) in [7, 11) is 0. The molecular formula is C16H24N2O2. The highest BCUT2D eigenvalue weighted by Gasteiger charge is 2.26. The van der Waals surface area contributed by atoms with Crippen LogP contribution in [0.3, 0.4) is 0 Å². The fraction of sp³-hybridized carbons (Fsp3) is 0.562. The molecule has 1 aliphatic rings. The normalized spacial score (nSPS) is 24.3. The van der Waals surface area contributed by atoms with Gasteiger partial charge in [0.2, 0.25) is 0 Å². The van der Waals surface area contributed by atoms with Gasteiger partial charge in [-0.3, -0.25) is 0 Å². The Balaban J connectivity index is 2.05. The molecule has 110 valence electrons. The van der Waals surface area contributed by atoms with Gasteiger partial charge in [-0.15, -0.1) is 0 Å². The van der Waals surface area contributed by atoms with Crippen molar-refractivity contribution in [1.82, 2.24) is 4.90 Å². The lowest BCUT2D eigenvalue weighted by atomic mass is 9.95. The minimum Gasteiger partial charge on any atom is -0.389 e. The van der Waals surface area contributed by atoms with E-state index in [0.29, 0.717) is 5.92 Å². The molecule has 0 saturated carbocycles. The van der Waals surface area contributed by atoms with Crippen molar-refractivity contribution in [2.24, 2.45) is 5.92 Å². The number of amides is 2. The lowest BCUT2D eigenvalue weighted by Gasteiger charge is -2.36. The number of urea groups is 1. The zero-order valence-corrected chi connectivity index (χ0v) is 12.5. The Labute approximate surface area is 120 Å². The van der Waals surface area contributed by atoms with Crippen LogP contribution in [-0.4, -0.2) is 28.6 Å². The van der Waals surface area contributed by atoms with Crippen LogP contribution in [0.15, 0.2) is 24.3 Å². The Kier molecular flexibility index (Phi) is 4.65. The maximum absolute atomic E-state index is 12.4. The minimum atomic E-state index is -0.527. The van der Waals surface area contributed by atoms with Crippen LogP contribution in [0.2, 0.25) is 0 Å². The van der Waals surface area contributed by atoms with Crippen molar-refractivity contribution in [1.29, 1.82) is 0 Å². The van der Waals surface area contributed by atoms with Crippen molar-refractivity contribution < 1.29 is 9.90 Å². The molecule has 0 bridgehead atoms. The molecule has 1 saturated heterocycles. The number of aliphatic hydroxyl groups is 1. The van der Waals surface area contributed by atoms with Crippen LogP contribution in [0.4, 0.5) is 10.5 Å². The second-order valence-corrected chi connectivity index (χ2v) is 5.92. The number of carbonyl (C=O) groups is 1. The van der Waals surface area contributed by atoms with E-state index in [-0.39, 0.29) is 12.1 Å². The number of hydrogen-bond donors (Lipinski definition) is 2. The van der Waals surface area contributed by atoms with Gasteiger partial charge in [0.15, 0.2) is 0 Å².